The van der Waals surface area contributed by atoms with E-state index in [1.54, 1.807) is 0 Å². The van der Waals surface area contributed by atoms with Crippen molar-refractivity contribution in [2.45, 2.75) is 83.6 Å². The van der Waals surface area contributed by atoms with Crippen molar-refractivity contribution in [3.05, 3.63) is 28.6 Å². The molecule has 1 aromatic carbocycles. The molecule has 0 bridgehead atoms. The van der Waals surface area contributed by atoms with Crippen molar-refractivity contribution in [2.24, 2.45) is 23.7 Å². The van der Waals surface area contributed by atoms with E-state index in [0.29, 0.717) is 30.6 Å². The maximum absolute atomic E-state index is 15.0. The van der Waals surface area contributed by atoms with Crippen LogP contribution in [-0.2, 0) is 10.9 Å². The van der Waals surface area contributed by atoms with Gasteiger partial charge in [-0.15, -0.1) is 0 Å². The molecule has 1 aliphatic heterocycles. The van der Waals surface area contributed by atoms with Crippen molar-refractivity contribution in [1.29, 1.82) is 0 Å². The fourth-order valence-corrected chi connectivity index (χ4v) is 5.55. The number of hydrogen-bond donors (Lipinski definition) is 0. The third-order valence-electron chi connectivity index (χ3n) is 7.61. The first kappa shape index (κ1) is 23.7. The van der Waals surface area contributed by atoms with Gasteiger partial charge in [-0.25, -0.2) is 4.39 Å². The quantitative estimate of drug-likeness (QED) is 0.327. The SMILES string of the molecule is Cc1cc(C2CO2)c(F)c(C(F)(F)F)c1OC(F)(F)C1CCC(C2CCC(C)CC2)CC1. The lowest BCUT2D eigenvalue weighted by Gasteiger charge is -2.39. The Morgan fingerprint density at radius 2 is 1.44 bits per heavy atom. The second kappa shape index (κ2) is 8.73. The molecule has 4 rings (SSSR count). The van der Waals surface area contributed by atoms with E-state index in [1.807, 2.05) is 0 Å². The van der Waals surface area contributed by atoms with Crippen molar-refractivity contribution < 1.29 is 35.8 Å². The van der Waals surface area contributed by atoms with Crippen LogP contribution in [0.15, 0.2) is 6.07 Å². The van der Waals surface area contributed by atoms with Crippen LogP contribution < -0.4 is 4.74 Å². The molecule has 0 amide bonds. The molecular weight excluding hydrogens is 434 g/mol. The molecule has 3 aliphatic rings. The molecule has 2 saturated carbocycles. The summed E-state index contributed by atoms with van der Waals surface area (Å²) >= 11 is 0. The Hall–Kier alpha value is -1.44. The number of halogens is 6. The van der Waals surface area contributed by atoms with E-state index in [-0.39, 0.29) is 30.6 Å². The molecular formula is C24H30F6O2. The van der Waals surface area contributed by atoms with Crippen molar-refractivity contribution in [1.82, 2.24) is 0 Å². The van der Waals surface area contributed by atoms with Crippen LogP contribution in [-0.4, -0.2) is 12.7 Å². The molecule has 0 spiro atoms. The van der Waals surface area contributed by atoms with E-state index in [2.05, 4.69) is 6.92 Å². The number of hydrogen-bond acceptors (Lipinski definition) is 2. The zero-order valence-electron chi connectivity index (χ0n) is 18.4. The van der Waals surface area contributed by atoms with Gasteiger partial charge in [0, 0.05) is 5.56 Å². The Bertz CT molecular complexity index is 817. The smallest absolute Gasteiger partial charge is 0.422 e. The summed E-state index contributed by atoms with van der Waals surface area (Å²) in [6.45, 7) is 3.56. The predicted octanol–water partition coefficient (Wildman–Crippen LogP) is 7.83. The Morgan fingerprint density at radius 3 is 1.94 bits per heavy atom. The zero-order valence-corrected chi connectivity index (χ0v) is 18.4. The van der Waals surface area contributed by atoms with Gasteiger partial charge < -0.3 is 9.47 Å². The molecule has 1 heterocycles. The Kier molecular flexibility index (Phi) is 6.47. The highest BCUT2D eigenvalue weighted by molar-refractivity contribution is 5.48. The summed E-state index contributed by atoms with van der Waals surface area (Å²) in [5.74, 6) is -2.25. The molecule has 0 radical (unpaired) electrons. The lowest BCUT2D eigenvalue weighted by molar-refractivity contribution is -0.227. The minimum Gasteiger partial charge on any atom is -0.431 e. The molecule has 1 saturated heterocycles. The third kappa shape index (κ3) is 4.90. The number of ether oxygens (including phenoxy) is 2. The summed E-state index contributed by atoms with van der Waals surface area (Å²) in [5.41, 5.74) is -2.21. The second-order valence-corrected chi connectivity index (χ2v) is 9.92. The Balaban J connectivity index is 1.49. The summed E-state index contributed by atoms with van der Waals surface area (Å²) in [6.07, 6.45) is -3.54. The first-order valence-electron chi connectivity index (χ1n) is 11.6. The van der Waals surface area contributed by atoms with Crippen LogP contribution >= 0.6 is 0 Å². The second-order valence-electron chi connectivity index (χ2n) is 9.92. The minimum absolute atomic E-state index is 0.104. The fourth-order valence-electron chi connectivity index (χ4n) is 5.55. The summed E-state index contributed by atoms with van der Waals surface area (Å²) in [5, 5.41) is 0. The fraction of sp³-hybridized carbons (Fsp3) is 0.750. The van der Waals surface area contributed by atoms with Crippen LogP contribution in [0, 0.1) is 36.4 Å². The monoisotopic (exact) mass is 464 g/mol. The van der Waals surface area contributed by atoms with E-state index < -0.39 is 41.4 Å². The molecule has 0 aromatic heterocycles. The molecule has 1 aromatic rings. The van der Waals surface area contributed by atoms with Crippen LogP contribution in [0.2, 0.25) is 0 Å². The molecule has 1 unspecified atom stereocenters. The molecule has 0 N–H and O–H groups in total. The highest BCUT2D eigenvalue weighted by Crippen LogP contribution is 2.49. The van der Waals surface area contributed by atoms with Gasteiger partial charge in [0.05, 0.1) is 12.5 Å². The highest BCUT2D eigenvalue weighted by Gasteiger charge is 2.49. The van der Waals surface area contributed by atoms with E-state index in [1.165, 1.54) is 6.92 Å². The summed E-state index contributed by atoms with van der Waals surface area (Å²) in [7, 11) is 0. The Morgan fingerprint density at radius 1 is 0.906 bits per heavy atom. The normalized spacial score (nSPS) is 31.4. The van der Waals surface area contributed by atoms with Gasteiger partial charge in [0.1, 0.15) is 23.2 Å². The topological polar surface area (TPSA) is 21.8 Å². The first-order chi connectivity index (χ1) is 15.0. The summed E-state index contributed by atoms with van der Waals surface area (Å²) in [6, 6.07) is 1.12. The molecule has 32 heavy (non-hydrogen) atoms. The van der Waals surface area contributed by atoms with Gasteiger partial charge in [-0.1, -0.05) is 19.8 Å². The van der Waals surface area contributed by atoms with Gasteiger partial charge in [0.15, 0.2) is 0 Å². The van der Waals surface area contributed by atoms with Crippen molar-refractivity contribution in [3.63, 3.8) is 0 Å². The van der Waals surface area contributed by atoms with Crippen molar-refractivity contribution in [3.8, 4) is 5.75 Å². The maximum atomic E-state index is 15.0. The molecule has 8 heteroatoms. The molecule has 180 valence electrons. The average Bonchev–Trinajstić information content (AvgIpc) is 3.55. The summed E-state index contributed by atoms with van der Waals surface area (Å²) < 4.78 is 95.3. The van der Waals surface area contributed by atoms with E-state index >= 15 is 8.78 Å². The van der Waals surface area contributed by atoms with E-state index in [4.69, 9.17) is 9.47 Å². The van der Waals surface area contributed by atoms with E-state index in [9.17, 15) is 17.6 Å². The van der Waals surface area contributed by atoms with Crippen LogP contribution in [0.3, 0.4) is 0 Å². The van der Waals surface area contributed by atoms with Gasteiger partial charge in [-0.05, 0) is 74.8 Å². The lowest BCUT2D eigenvalue weighted by atomic mass is 9.69. The lowest BCUT2D eigenvalue weighted by Crippen LogP contribution is -2.39. The van der Waals surface area contributed by atoms with Gasteiger partial charge >= 0.3 is 12.3 Å². The summed E-state index contributed by atoms with van der Waals surface area (Å²) in [4.78, 5) is 0. The average molecular weight is 464 g/mol. The number of benzene rings is 1. The number of epoxide rings is 1. The van der Waals surface area contributed by atoms with E-state index in [0.717, 1.165) is 31.7 Å². The minimum atomic E-state index is -5.17. The largest absolute Gasteiger partial charge is 0.431 e. The molecule has 3 fully saturated rings. The van der Waals surface area contributed by atoms with Crippen molar-refractivity contribution in [2.75, 3.05) is 6.61 Å². The molecule has 1 atom stereocenters. The number of rotatable bonds is 5. The van der Waals surface area contributed by atoms with Gasteiger partial charge in [0.25, 0.3) is 0 Å². The van der Waals surface area contributed by atoms with Crippen molar-refractivity contribution >= 4 is 0 Å². The number of aryl methyl sites for hydroxylation is 1. The van der Waals surface area contributed by atoms with Gasteiger partial charge in [0.2, 0.25) is 0 Å². The van der Waals surface area contributed by atoms with Gasteiger partial charge in [-0.2, -0.15) is 22.0 Å². The standard InChI is InChI=1S/C24H30F6O2/c1-13-3-5-15(6-4-13)16-7-9-17(10-8-16)24(29,30)32-22-14(2)11-18(19-12-31-19)21(25)20(22)23(26,27)28/h11,13,15-17,19H,3-10,12H2,1-2H3. The first-order valence-corrected chi connectivity index (χ1v) is 11.6. The predicted molar refractivity (Wildman–Crippen MR) is 107 cm³/mol. The highest BCUT2D eigenvalue weighted by atomic mass is 19.4. The molecule has 2 aliphatic carbocycles. The molecule has 2 nitrogen and oxygen atoms in total. The van der Waals surface area contributed by atoms with Crippen LogP contribution in [0.5, 0.6) is 5.75 Å². The van der Waals surface area contributed by atoms with Crippen LogP contribution in [0.4, 0.5) is 26.3 Å². The Labute approximate surface area is 184 Å². The number of alkyl halides is 5. The van der Waals surface area contributed by atoms with Gasteiger partial charge in [-0.3, -0.25) is 0 Å². The van der Waals surface area contributed by atoms with Crippen LogP contribution in [0.25, 0.3) is 0 Å². The zero-order chi connectivity index (χ0) is 23.3. The maximum Gasteiger partial charge on any atom is 0.422 e. The third-order valence-corrected chi connectivity index (χ3v) is 7.61. The van der Waals surface area contributed by atoms with Crippen LogP contribution in [0.1, 0.15) is 81.1 Å².